The molecule has 0 unspecified atom stereocenters. The van der Waals surface area contributed by atoms with Crippen molar-refractivity contribution in [3.8, 4) is 28.0 Å². The molecular formula is C28H20ClN5O5S2. The Balaban J connectivity index is 1.29. The molecule has 41 heavy (non-hydrogen) atoms. The van der Waals surface area contributed by atoms with Crippen LogP contribution in [-0.4, -0.2) is 53.1 Å². The summed E-state index contributed by atoms with van der Waals surface area (Å²) in [6.07, 6.45) is 0.203. The molecule has 1 aliphatic rings. The van der Waals surface area contributed by atoms with Crippen molar-refractivity contribution in [1.82, 2.24) is 19.9 Å². The van der Waals surface area contributed by atoms with Crippen LogP contribution in [0.25, 0.3) is 42.0 Å². The summed E-state index contributed by atoms with van der Waals surface area (Å²) in [7, 11) is 2.88. The van der Waals surface area contributed by atoms with Gasteiger partial charge in [-0.3, -0.25) is 0 Å². The highest BCUT2D eigenvalue weighted by Crippen LogP contribution is 2.48. The number of aromatic nitrogens is 4. The number of methoxy groups -OCH3 is 2. The quantitative estimate of drug-likeness (QED) is 0.213. The van der Waals surface area contributed by atoms with Crippen molar-refractivity contribution in [2.24, 2.45) is 0 Å². The molecule has 206 valence electrons. The Hall–Kier alpha value is -4.26. The van der Waals surface area contributed by atoms with Gasteiger partial charge in [0.15, 0.2) is 11.5 Å². The van der Waals surface area contributed by atoms with Crippen LogP contribution >= 0.6 is 34.3 Å². The highest BCUT2D eigenvalue weighted by atomic mass is 35.5. The molecule has 0 aliphatic carbocycles. The van der Waals surface area contributed by atoms with Crippen LogP contribution in [0.15, 0.2) is 48.1 Å². The molecule has 1 amide bonds. The summed E-state index contributed by atoms with van der Waals surface area (Å²) in [4.78, 5) is 32.6. The number of hydrogen-bond donors (Lipinski definition) is 0. The van der Waals surface area contributed by atoms with Crippen molar-refractivity contribution in [2.75, 3.05) is 25.7 Å². The van der Waals surface area contributed by atoms with Gasteiger partial charge in [0, 0.05) is 11.6 Å². The number of thiazole rings is 2. The molecule has 0 radical (unpaired) electrons. The lowest BCUT2D eigenvalue weighted by Crippen LogP contribution is -2.49. The molecule has 4 heterocycles. The second-order valence-electron chi connectivity index (χ2n) is 9.20. The number of fused-ring (bicyclic) bond motifs is 5. The van der Waals surface area contributed by atoms with Crippen LogP contribution in [0.5, 0.6) is 17.4 Å². The molecule has 0 saturated heterocycles. The van der Waals surface area contributed by atoms with Crippen LogP contribution in [0.3, 0.4) is 0 Å². The van der Waals surface area contributed by atoms with E-state index in [-0.39, 0.29) is 6.61 Å². The zero-order valence-corrected chi connectivity index (χ0v) is 24.3. The average molecular weight is 606 g/mol. The minimum atomic E-state index is -0.799. The number of hydrogen-bond acceptors (Lipinski definition) is 11. The fourth-order valence-electron chi connectivity index (χ4n) is 4.79. The third-order valence-electron chi connectivity index (χ3n) is 6.64. The molecule has 6 aromatic rings. The van der Waals surface area contributed by atoms with Gasteiger partial charge in [0.1, 0.15) is 21.8 Å². The number of amides is 1. The van der Waals surface area contributed by atoms with E-state index in [1.165, 1.54) is 34.7 Å². The first-order valence-corrected chi connectivity index (χ1v) is 14.5. The van der Waals surface area contributed by atoms with E-state index in [1.807, 2.05) is 31.2 Å². The van der Waals surface area contributed by atoms with Crippen LogP contribution in [0, 0.1) is 6.92 Å². The van der Waals surface area contributed by atoms with Gasteiger partial charge in [0.25, 0.3) is 0 Å². The van der Waals surface area contributed by atoms with Crippen molar-refractivity contribution in [3.05, 3.63) is 58.7 Å². The van der Waals surface area contributed by atoms with Crippen molar-refractivity contribution in [3.63, 3.8) is 0 Å². The van der Waals surface area contributed by atoms with E-state index in [1.54, 1.807) is 30.9 Å². The maximum atomic E-state index is 12.9. The highest BCUT2D eigenvalue weighted by molar-refractivity contribution is 7.22. The number of nitrogens with zero attached hydrogens (tertiary/aromatic N) is 5. The summed E-state index contributed by atoms with van der Waals surface area (Å²) in [5.41, 5.74) is 7.02. The molecule has 13 heteroatoms. The Kier molecular flexibility index (Phi) is 6.25. The van der Waals surface area contributed by atoms with Gasteiger partial charge >= 0.3 is 6.09 Å². The predicted octanol–water partition coefficient (Wildman–Crippen LogP) is 6.86. The van der Waals surface area contributed by atoms with Gasteiger partial charge in [-0.05, 0) is 42.8 Å². The summed E-state index contributed by atoms with van der Waals surface area (Å²) in [6, 6.07) is 11.2. The van der Waals surface area contributed by atoms with Crippen LogP contribution in [0.4, 0.5) is 10.5 Å². The Bertz CT molecular complexity index is 1990. The summed E-state index contributed by atoms with van der Waals surface area (Å²) < 4.78 is 24.6. The van der Waals surface area contributed by atoms with Gasteiger partial charge in [0.2, 0.25) is 12.1 Å². The molecule has 7 rings (SSSR count). The van der Waals surface area contributed by atoms with Gasteiger partial charge in [-0.25, -0.2) is 29.6 Å². The monoisotopic (exact) mass is 605 g/mol. The summed E-state index contributed by atoms with van der Waals surface area (Å²) in [5, 5.41) is 1.11. The normalized spacial score (nSPS) is 14.5. The maximum Gasteiger partial charge on any atom is 0.417 e. The van der Waals surface area contributed by atoms with Crippen LogP contribution in [0.2, 0.25) is 5.02 Å². The van der Waals surface area contributed by atoms with E-state index in [0.717, 1.165) is 26.0 Å². The molecule has 0 bridgehead atoms. The largest absolute Gasteiger partial charge is 0.482 e. The summed E-state index contributed by atoms with van der Waals surface area (Å²) >= 11 is 9.63. The topological polar surface area (TPSA) is 109 Å². The first kappa shape index (κ1) is 25.7. The Labute approximate surface area is 246 Å². The third-order valence-corrected chi connectivity index (χ3v) is 8.80. The number of carbonyl (C=O) groups excluding carboxylic acids is 1. The molecule has 1 atom stereocenters. The number of rotatable bonds is 4. The van der Waals surface area contributed by atoms with Crippen LogP contribution < -0.4 is 19.1 Å². The SMILES string of the molecule is COC(=O)N(c1ccc2ncsc2c1)[C@H]1COc2c(cc(Cl)c3nc(-c4cc(C)cc5nc(OC)cnc45)sc23)O1. The van der Waals surface area contributed by atoms with Crippen molar-refractivity contribution >= 4 is 77.5 Å². The average Bonchev–Trinajstić information content (AvgIpc) is 3.64. The molecular weight excluding hydrogens is 586 g/mol. The second kappa shape index (κ2) is 9.98. The van der Waals surface area contributed by atoms with Gasteiger partial charge in [0.05, 0.1) is 57.9 Å². The molecule has 1 aliphatic heterocycles. The smallest absolute Gasteiger partial charge is 0.417 e. The van der Waals surface area contributed by atoms with E-state index < -0.39 is 12.3 Å². The van der Waals surface area contributed by atoms with E-state index >= 15 is 0 Å². The summed E-state index contributed by atoms with van der Waals surface area (Å²) in [5.74, 6) is 1.35. The fraction of sp³-hybridized carbons (Fsp3) is 0.179. The van der Waals surface area contributed by atoms with Crippen molar-refractivity contribution in [1.29, 1.82) is 0 Å². The third kappa shape index (κ3) is 4.35. The minimum Gasteiger partial charge on any atom is -0.482 e. The molecule has 0 spiro atoms. The number of ether oxygens (including phenoxy) is 4. The van der Waals surface area contributed by atoms with Crippen LogP contribution in [-0.2, 0) is 4.74 Å². The highest BCUT2D eigenvalue weighted by Gasteiger charge is 2.34. The first-order valence-electron chi connectivity index (χ1n) is 12.4. The lowest BCUT2D eigenvalue weighted by molar-refractivity contribution is 0.0834. The molecule has 3 aromatic carbocycles. The second-order valence-corrected chi connectivity index (χ2v) is 11.5. The number of benzene rings is 3. The maximum absolute atomic E-state index is 12.9. The van der Waals surface area contributed by atoms with E-state index in [4.69, 9.17) is 35.5 Å². The Morgan fingerprint density at radius 2 is 1.98 bits per heavy atom. The van der Waals surface area contributed by atoms with Gasteiger partial charge in [-0.1, -0.05) is 11.6 Å². The lowest BCUT2D eigenvalue weighted by Gasteiger charge is -2.34. The number of carbonyl (C=O) groups is 1. The molecule has 0 N–H and O–H groups in total. The molecule has 0 saturated carbocycles. The predicted molar refractivity (Wildman–Crippen MR) is 159 cm³/mol. The number of halogens is 1. The van der Waals surface area contributed by atoms with E-state index in [2.05, 4.69) is 15.0 Å². The molecule has 0 fully saturated rings. The van der Waals surface area contributed by atoms with Gasteiger partial charge in [-0.15, -0.1) is 22.7 Å². The molecule has 3 aromatic heterocycles. The first-order chi connectivity index (χ1) is 19.9. The van der Waals surface area contributed by atoms with E-state index in [9.17, 15) is 4.79 Å². The van der Waals surface area contributed by atoms with Crippen LogP contribution in [0.1, 0.15) is 5.56 Å². The van der Waals surface area contributed by atoms with Crippen molar-refractivity contribution in [2.45, 2.75) is 13.2 Å². The lowest BCUT2D eigenvalue weighted by atomic mass is 10.1. The van der Waals surface area contributed by atoms with Crippen molar-refractivity contribution < 1.29 is 23.7 Å². The number of anilines is 1. The Morgan fingerprint density at radius 1 is 1.10 bits per heavy atom. The standard InChI is InChI=1S/C28H20ClN5O5S2/c1-13-6-15(23-18(7-13)32-21(36-2)10-30-23)27-33-24-16(29)9-19-25(26(24)41-27)38-11-22(39-19)34(28(35)37-3)14-4-5-17-20(8-14)40-12-31-17/h4-10,12,22H,11H2,1-3H3/t22-/m1/s1. The number of aryl methyl sites for hydroxylation is 1. The van der Waals surface area contributed by atoms with Gasteiger partial charge < -0.3 is 18.9 Å². The summed E-state index contributed by atoms with van der Waals surface area (Å²) in [6.45, 7) is 2.05. The zero-order valence-electron chi connectivity index (χ0n) is 21.9. The zero-order chi connectivity index (χ0) is 28.2. The van der Waals surface area contributed by atoms with Gasteiger partial charge in [-0.2, -0.15) is 0 Å². The molecule has 10 nitrogen and oxygen atoms in total. The van der Waals surface area contributed by atoms with E-state index in [0.29, 0.717) is 49.6 Å². The minimum absolute atomic E-state index is 0.0610. The fourth-order valence-corrected chi connectivity index (χ4v) is 6.89. The Morgan fingerprint density at radius 3 is 2.80 bits per heavy atom.